The normalized spacial score (nSPS) is 10.3. The predicted molar refractivity (Wildman–Crippen MR) is 58.3 cm³/mol. The summed E-state index contributed by atoms with van der Waals surface area (Å²) in [5.74, 6) is 0.587. The zero-order valence-electron chi connectivity index (χ0n) is 8.37. The molecule has 0 bridgehead atoms. The molecule has 2 rings (SSSR count). The summed E-state index contributed by atoms with van der Waals surface area (Å²) in [6.45, 7) is 0.494. The van der Waals surface area contributed by atoms with Crippen LogP contribution in [0.4, 0.5) is 0 Å². The van der Waals surface area contributed by atoms with Crippen LogP contribution in [0.15, 0.2) is 29.1 Å². The molecule has 0 saturated heterocycles. The first kappa shape index (κ1) is 10.8. The van der Waals surface area contributed by atoms with Crippen LogP contribution in [0.5, 0.6) is 0 Å². The van der Waals surface area contributed by atoms with Crippen LogP contribution in [0.25, 0.3) is 0 Å². The summed E-state index contributed by atoms with van der Waals surface area (Å²) in [4.78, 5) is 18.6. The highest BCUT2D eigenvalue weighted by Crippen LogP contribution is 2.15. The molecule has 0 spiro atoms. The molecule has 0 atom stereocenters. The van der Waals surface area contributed by atoms with Gasteiger partial charge in [0, 0.05) is 25.4 Å². The fourth-order valence-corrected chi connectivity index (χ4v) is 1.48. The third-order valence-corrected chi connectivity index (χ3v) is 2.36. The lowest BCUT2D eigenvalue weighted by Gasteiger charge is -2.01. The summed E-state index contributed by atoms with van der Waals surface area (Å²) in [6, 6.07) is 1.53. The first-order valence-electron chi connectivity index (χ1n) is 4.77. The molecule has 0 radical (unpaired) electrons. The SMILES string of the molecule is O=C(NCCc1ncc[nH]1)c1ccoc1Cl. The van der Waals surface area contributed by atoms with E-state index >= 15 is 0 Å². The number of amides is 1. The lowest BCUT2D eigenvalue weighted by atomic mass is 10.3. The van der Waals surface area contributed by atoms with Crippen molar-refractivity contribution in [3.05, 3.63) is 41.3 Å². The first-order chi connectivity index (χ1) is 7.77. The zero-order chi connectivity index (χ0) is 11.4. The van der Waals surface area contributed by atoms with Gasteiger partial charge in [-0.1, -0.05) is 0 Å². The van der Waals surface area contributed by atoms with Gasteiger partial charge in [0.2, 0.25) is 5.22 Å². The van der Waals surface area contributed by atoms with Crippen LogP contribution < -0.4 is 5.32 Å². The molecule has 5 nitrogen and oxygen atoms in total. The molecule has 0 aliphatic carbocycles. The number of halogens is 1. The van der Waals surface area contributed by atoms with Crippen molar-refractivity contribution in [2.24, 2.45) is 0 Å². The quantitative estimate of drug-likeness (QED) is 0.852. The van der Waals surface area contributed by atoms with Crippen molar-refractivity contribution in [1.29, 1.82) is 0 Å². The van der Waals surface area contributed by atoms with Crippen molar-refractivity contribution in [2.75, 3.05) is 6.54 Å². The minimum atomic E-state index is -0.245. The maximum atomic E-state index is 11.6. The van der Waals surface area contributed by atoms with Crippen LogP contribution in [0.3, 0.4) is 0 Å². The molecule has 0 aliphatic heterocycles. The highest BCUT2D eigenvalue weighted by Gasteiger charge is 2.11. The van der Waals surface area contributed by atoms with Crippen molar-refractivity contribution < 1.29 is 9.21 Å². The molecule has 2 N–H and O–H groups in total. The molecular weight excluding hydrogens is 230 g/mol. The van der Waals surface area contributed by atoms with E-state index in [9.17, 15) is 4.79 Å². The highest BCUT2D eigenvalue weighted by molar-refractivity contribution is 6.32. The van der Waals surface area contributed by atoms with Gasteiger partial charge in [-0.05, 0) is 17.7 Å². The van der Waals surface area contributed by atoms with Crippen molar-refractivity contribution in [1.82, 2.24) is 15.3 Å². The maximum Gasteiger partial charge on any atom is 0.256 e. The van der Waals surface area contributed by atoms with Crippen LogP contribution in [-0.2, 0) is 6.42 Å². The van der Waals surface area contributed by atoms with Gasteiger partial charge >= 0.3 is 0 Å². The number of aromatic nitrogens is 2. The molecule has 0 saturated carbocycles. The lowest BCUT2D eigenvalue weighted by Crippen LogP contribution is -2.25. The Balaban J connectivity index is 1.83. The number of H-pyrrole nitrogens is 1. The van der Waals surface area contributed by atoms with E-state index in [1.165, 1.54) is 12.3 Å². The summed E-state index contributed by atoms with van der Waals surface area (Å²) >= 11 is 5.67. The van der Waals surface area contributed by atoms with Gasteiger partial charge in [0.25, 0.3) is 5.91 Å². The number of nitrogens with zero attached hydrogens (tertiary/aromatic N) is 1. The van der Waals surface area contributed by atoms with Gasteiger partial charge < -0.3 is 14.7 Å². The monoisotopic (exact) mass is 239 g/mol. The van der Waals surface area contributed by atoms with E-state index in [4.69, 9.17) is 16.0 Å². The fourth-order valence-electron chi connectivity index (χ4n) is 1.28. The maximum absolute atomic E-state index is 11.6. The molecular formula is C10H10ClN3O2. The fraction of sp³-hybridized carbons (Fsp3) is 0.200. The number of imidazole rings is 1. The average molecular weight is 240 g/mol. The number of rotatable bonds is 4. The van der Waals surface area contributed by atoms with Crippen molar-refractivity contribution in [2.45, 2.75) is 6.42 Å². The van der Waals surface area contributed by atoms with Crippen LogP contribution in [0.2, 0.25) is 5.22 Å². The van der Waals surface area contributed by atoms with Crippen molar-refractivity contribution in [3.8, 4) is 0 Å². The van der Waals surface area contributed by atoms with Crippen LogP contribution in [0, 0.1) is 0 Å². The molecule has 16 heavy (non-hydrogen) atoms. The van der Waals surface area contributed by atoms with E-state index in [0.29, 0.717) is 18.5 Å². The Kier molecular flexibility index (Phi) is 3.26. The molecule has 0 aliphatic rings. The largest absolute Gasteiger partial charge is 0.452 e. The lowest BCUT2D eigenvalue weighted by molar-refractivity contribution is 0.0953. The summed E-state index contributed by atoms with van der Waals surface area (Å²) in [6.07, 6.45) is 5.44. The molecule has 2 aromatic heterocycles. The predicted octanol–water partition coefficient (Wildman–Crippen LogP) is 1.63. The van der Waals surface area contributed by atoms with Gasteiger partial charge in [-0.2, -0.15) is 0 Å². The zero-order valence-corrected chi connectivity index (χ0v) is 9.12. The Morgan fingerprint density at radius 2 is 2.50 bits per heavy atom. The number of hydrogen-bond acceptors (Lipinski definition) is 3. The minimum Gasteiger partial charge on any atom is -0.452 e. The number of hydrogen-bond donors (Lipinski definition) is 2. The second-order valence-electron chi connectivity index (χ2n) is 3.15. The Hall–Kier alpha value is -1.75. The number of nitrogens with one attached hydrogen (secondary N) is 2. The molecule has 0 unspecified atom stereocenters. The van der Waals surface area contributed by atoms with E-state index in [-0.39, 0.29) is 11.1 Å². The molecule has 0 fully saturated rings. The molecule has 2 heterocycles. The van der Waals surface area contributed by atoms with E-state index < -0.39 is 0 Å². The topological polar surface area (TPSA) is 70.9 Å². The molecule has 1 amide bonds. The number of furan rings is 1. The minimum absolute atomic E-state index is 0.107. The van der Waals surface area contributed by atoms with E-state index in [1.54, 1.807) is 12.4 Å². The van der Waals surface area contributed by atoms with Gasteiger partial charge in [-0.15, -0.1) is 0 Å². The third kappa shape index (κ3) is 2.43. The standard InChI is InChI=1S/C10H10ClN3O2/c11-9-7(2-6-16-9)10(15)14-3-1-8-12-4-5-13-8/h2,4-6H,1,3H2,(H,12,13)(H,14,15). The molecule has 84 valence electrons. The number of carbonyl (C=O) groups excluding carboxylic acids is 1. The summed E-state index contributed by atoms with van der Waals surface area (Å²) in [5, 5.41) is 2.83. The number of carbonyl (C=O) groups is 1. The van der Waals surface area contributed by atoms with Gasteiger partial charge in [0.1, 0.15) is 5.82 Å². The molecule has 2 aromatic rings. The van der Waals surface area contributed by atoms with Crippen molar-refractivity contribution in [3.63, 3.8) is 0 Å². The third-order valence-electron chi connectivity index (χ3n) is 2.06. The molecule has 0 aromatic carbocycles. The second-order valence-corrected chi connectivity index (χ2v) is 3.49. The summed E-state index contributed by atoms with van der Waals surface area (Å²) in [7, 11) is 0. The molecule has 6 heteroatoms. The summed E-state index contributed by atoms with van der Waals surface area (Å²) in [5.41, 5.74) is 0.348. The summed E-state index contributed by atoms with van der Waals surface area (Å²) < 4.78 is 4.82. The van der Waals surface area contributed by atoms with Crippen LogP contribution >= 0.6 is 11.6 Å². The van der Waals surface area contributed by atoms with Gasteiger partial charge in [-0.25, -0.2) is 4.98 Å². The Bertz CT molecular complexity index is 464. The van der Waals surface area contributed by atoms with Gasteiger partial charge in [0.15, 0.2) is 0 Å². The van der Waals surface area contributed by atoms with E-state index in [0.717, 1.165) is 5.82 Å². The second kappa shape index (κ2) is 4.85. The van der Waals surface area contributed by atoms with E-state index in [2.05, 4.69) is 15.3 Å². The van der Waals surface area contributed by atoms with Crippen LogP contribution in [-0.4, -0.2) is 22.4 Å². The average Bonchev–Trinajstić information content (AvgIpc) is 2.88. The smallest absolute Gasteiger partial charge is 0.256 e. The van der Waals surface area contributed by atoms with Gasteiger partial charge in [0.05, 0.1) is 11.8 Å². The Labute approximate surface area is 96.8 Å². The number of aromatic amines is 1. The highest BCUT2D eigenvalue weighted by atomic mass is 35.5. The van der Waals surface area contributed by atoms with Gasteiger partial charge in [-0.3, -0.25) is 4.79 Å². The Morgan fingerprint density at radius 3 is 3.12 bits per heavy atom. The Morgan fingerprint density at radius 1 is 1.62 bits per heavy atom. The van der Waals surface area contributed by atoms with Crippen molar-refractivity contribution >= 4 is 17.5 Å². The first-order valence-corrected chi connectivity index (χ1v) is 5.14. The van der Waals surface area contributed by atoms with E-state index in [1.807, 2.05) is 0 Å². The van der Waals surface area contributed by atoms with Crippen LogP contribution in [0.1, 0.15) is 16.2 Å².